The lowest BCUT2D eigenvalue weighted by atomic mass is 10.2. The standard InChI is InChI=1S/C17H28N4O3/c1-13-8-19-17(24-13)12-20(2)14-5-6-21(10-14)11-16(22)18-9-15-4-3-7-23-15/h8,14-15H,3-7,9-12H2,1-2H3,(H,18,22). The van der Waals surface area contributed by atoms with Gasteiger partial charge < -0.3 is 14.5 Å². The van der Waals surface area contributed by atoms with Gasteiger partial charge in [-0.1, -0.05) is 0 Å². The molecule has 2 aliphatic rings. The van der Waals surface area contributed by atoms with Gasteiger partial charge in [0, 0.05) is 32.3 Å². The molecule has 1 N–H and O–H groups in total. The van der Waals surface area contributed by atoms with Crippen LogP contribution < -0.4 is 5.32 Å². The quantitative estimate of drug-likeness (QED) is 0.794. The molecule has 24 heavy (non-hydrogen) atoms. The van der Waals surface area contributed by atoms with Gasteiger partial charge >= 0.3 is 0 Å². The Labute approximate surface area is 143 Å². The summed E-state index contributed by atoms with van der Waals surface area (Å²) >= 11 is 0. The number of aryl methyl sites for hydroxylation is 1. The molecule has 7 nitrogen and oxygen atoms in total. The Morgan fingerprint density at radius 3 is 3.08 bits per heavy atom. The number of ether oxygens (including phenoxy) is 1. The third kappa shape index (κ3) is 4.78. The average molecular weight is 336 g/mol. The second-order valence-corrected chi connectivity index (χ2v) is 6.90. The first-order chi connectivity index (χ1) is 11.6. The molecule has 0 spiro atoms. The summed E-state index contributed by atoms with van der Waals surface area (Å²) in [6.07, 6.45) is 5.18. The Hall–Kier alpha value is -1.44. The van der Waals surface area contributed by atoms with E-state index in [0.29, 0.717) is 25.7 Å². The predicted molar refractivity (Wildman–Crippen MR) is 89.5 cm³/mol. The largest absolute Gasteiger partial charge is 0.445 e. The molecule has 2 fully saturated rings. The third-order valence-corrected chi connectivity index (χ3v) is 4.84. The van der Waals surface area contributed by atoms with Gasteiger partial charge in [-0.25, -0.2) is 4.98 Å². The molecule has 2 atom stereocenters. The lowest BCUT2D eigenvalue weighted by Crippen LogP contribution is -2.41. The van der Waals surface area contributed by atoms with E-state index >= 15 is 0 Å². The number of likely N-dealkylation sites (N-methyl/N-ethyl adjacent to an activating group) is 1. The molecule has 0 aliphatic carbocycles. The van der Waals surface area contributed by atoms with Crippen LogP contribution in [-0.4, -0.2) is 72.7 Å². The van der Waals surface area contributed by atoms with Crippen LogP contribution in [0.25, 0.3) is 0 Å². The fourth-order valence-electron chi connectivity index (χ4n) is 3.42. The molecular formula is C17H28N4O3. The van der Waals surface area contributed by atoms with Crippen LogP contribution in [0.2, 0.25) is 0 Å². The minimum absolute atomic E-state index is 0.0946. The third-order valence-electron chi connectivity index (χ3n) is 4.84. The van der Waals surface area contributed by atoms with E-state index < -0.39 is 0 Å². The number of hydrogen-bond acceptors (Lipinski definition) is 6. The lowest BCUT2D eigenvalue weighted by Gasteiger charge is -2.23. The van der Waals surface area contributed by atoms with Gasteiger partial charge in [0.2, 0.25) is 11.8 Å². The van der Waals surface area contributed by atoms with Gasteiger partial charge in [-0.3, -0.25) is 14.6 Å². The first-order valence-electron chi connectivity index (χ1n) is 8.82. The number of amides is 1. The van der Waals surface area contributed by atoms with E-state index in [1.54, 1.807) is 6.20 Å². The van der Waals surface area contributed by atoms with Crippen LogP contribution in [0.5, 0.6) is 0 Å². The molecule has 0 radical (unpaired) electrons. The first-order valence-corrected chi connectivity index (χ1v) is 8.82. The fourth-order valence-corrected chi connectivity index (χ4v) is 3.42. The maximum absolute atomic E-state index is 12.1. The highest BCUT2D eigenvalue weighted by molar-refractivity contribution is 5.78. The normalized spacial score (nSPS) is 24.8. The molecular weight excluding hydrogens is 308 g/mol. The number of carbonyl (C=O) groups excluding carboxylic acids is 1. The van der Waals surface area contributed by atoms with E-state index in [4.69, 9.17) is 9.15 Å². The molecule has 0 saturated carbocycles. The SMILES string of the molecule is Cc1cnc(CN(C)C2CCN(CC(=O)NCC3CCCO3)C2)o1. The monoisotopic (exact) mass is 336 g/mol. The van der Waals surface area contributed by atoms with Crippen molar-refractivity contribution in [3.63, 3.8) is 0 Å². The summed E-state index contributed by atoms with van der Waals surface area (Å²) in [7, 11) is 2.09. The Morgan fingerprint density at radius 2 is 2.38 bits per heavy atom. The van der Waals surface area contributed by atoms with E-state index in [1.165, 1.54) is 0 Å². The highest BCUT2D eigenvalue weighted by atomic mass is 16.5. The van der Waals surface area contributed by atoms with Gasteiger partial charge in [0.1, 0.15) is 5.76 Å². The van der Waals surface area contributed by atoms with Crippen LogP contribution in [0.4, 0.5) is 0 Å². The van der Waals surface area contributed by atoms with Crippen molar-refractivity contribution >= 4 is 5.91 Å². The smallest absolute Gasteiger partial charge is 0.234 e. The number of hydrogen-bond donors (Lipinski definition) is 1. The minimum atomic E-state index is 0.0946. The molecule has 2 aliphatic heterocycles. The number of carbonyl (C=O) groups is 1. The van der Waals surface area contributed by atoms with E-state index in [9.17, 15) is 4.79 Å². The molecule has 0 bridgehead atoms. The van der Waals surface area contributed by atoms with Gasteiger partial charge in [-0.15, -0.1) is 0 Å². The highest BCUT2D eigenvalue weighted by Gasteiger charge is 2.27. The van der Waals surface area contributed by atoms with E-state index in [2.05, 4.69) is 27.1 Å². The van der Waals surface area contributed by atoms with E-state index in [1.807, 2.05) is 6.92 Å². The zero-order valence-electron chi connectivity index (χ0n) is 14.7. The molecule has 2 unspecified atom stereocenters. The second-order valence-electron chi connectivity index (χ2n) is 6.90. The zero-order valence-corrected chi connectivity index (χ0v) is 14.7. The summed E-state index contributed by atoms with van der Waals surface area (Å²) in [6, 6.07) is 0.433. The number of oxazole rings is 1. The lowest BCUT2D eigenvalue weighted by molar-refractivity contribution is -0.122. The number of rotatable bonds is 7. The second kappa shape index (κ2) is 8.09. The van der Waals surface area contributed by atoms with Crippen LogP contribution in [0.3, 0.4) is 0 Å². The van der Waals surface area contributed by atoms with Crippen LogP contribution in [0, 0.1) is 6.92 Å². The van der Waals surface area contributed by atoms with Gasteiger partial charge in [0.25, 0.3) is 0 Å². The Kier molecular flexibility index (Phi) is 5.86. The molecule has 1 amide bonds. The maximum Gasteiger partial charge on any atom is 0.234 e. The summed E-state index contributed by atoms with van der Waals surface area (Å²) in [5.74, 6) is 1.69. The van der Waals surface area contributed by atoms with Gasteiger partial charge in [0.05, 0.1) is 25.4 Å². The molecule has 0 aromatic carbocycles. The summed E-state index contributed by atoms with van der Waals surface area (Å²) < 4.78 is 11.1. The van der Waals surface area contributed by atoms with Crippen molar-refractivity contribution in [1.29, 1.82) is 0 Å². The van der Waals surface area contributed by atoms with E-state index in [0.717, 1.165) is 50.6 Å². The van der Waals surface area contributed by atoms with Crippen molar-refractivity contribution in [3.8, 4) is 0 Å². The van der Waals surface area contributed by atoms with Gasteiger partial charge in [-0.05, 0) is 33.2 Å². The van der Waals surface area contributed by atoms with Crippen molar-refractivity contribution in [2.45, 2.75) is 44.9 Å². The molecule has 7 heteroatoms. The van der Waals surface area contributed by atoms with Crippen molar-refractivity contribution in [3.05, 3.63) is 17.8 Å². The summed E-state index contributed by atoms with van der Waals surface area (Å²) in [6.45, 7) is 6.40. The van der Waals surface area contributed by atoms with Crippen molar-refractivity contribution in [1.82, 2.24) is 20.1 Å². The number of likely N-dealkylation sites (tertiary alicyclic amines) is 1. The molecule has 134 valence electrons. The maximum atomic E-state index is 12.1. The van der Waals surface area contributed by atoms with Crippen molar-refractivity contribution in [2.24, 2.45) is 0 Å². The average Bonchev–Trinajstić information content (AvgIpc) is 3.27. The molecule has 1 aromatic heterocycles. The number of nitrogens with one attached hydrogen (secondary N) is 1. The van der Waals surface area contributed by atoms with Crippen LogP contribution in [0.1, 0.15) is 30.9 Å². The summed E-state index contributed by atoms with van der Waals surface area (Å²) in [4.78, 5) is 20.8. The Morgan fingerprint density at radius 1 is 1.50 bits per heavy atom. The summed E-state index contributed by atoms with van der Waals surface area (Å²) in [5, 5.41) is 2.99. The van der Waals surface area contributed by atoms with Gasteiger partial charge in [-0.2, -0.15) is 0 Å². The van der Waals surface area contributed by atoms with Crippen LogP contribution >= 0.6 is 0 Å². The minimum Gasteiger partial charge on any atom is -0.445 e. The Bertz CT molecular complexity index is 542. The van der Waals surface area contributed by atoms with Crippen LogP contribution in [-0.2, 0) is 16.1 Å². The molecule has 3 heterocycles. The summed E-state index contributed by atoms with van der Waals surface area (Å²) in [5.41, 5.74) is 0. The fraction of sp³-hybridized carbons (Fsp3) is 0.765. The Balaban J connectivity index is 1.37. The molecule has 3 rings (SSSR count). The van der Waals surface area contributed by atoms with E-state index in [-0.39, 0.29) is 12.0 Å². The molecule has 2 saturated heterocycles. The van der Waals surface area contributed by atoms with Crippen molar-refractivity contribution in [2.75, 3.05) is 39.8 Å². The topological polar surface area (TPSA) is 70.8 Å². The van der Waals surface area contributed by atoms with Crippen molar-refractivity contribution < 1.29 is 13.9 Å². The predicted octanol–water partition coefficient (Wildman–Crippen LogP) is 0.784. The highest BCUT2D eigenvalue weighted by Crippen LogP contribution is 2.16. The molecule has 1 aromatic rings. The first kappa shape index (κ1) is 17.4. The van der Waals surface area contributed by atoms with Gasteiger partial charge in [0.15, 0.2) is 0 Å². The van der Waals surface area contributed by atoms with Crippen LogP contribution in [0.15, 0.2) is 10.6 Å². The zero-order chi connectivity index (χ0) is 16.9. The number of nitrogens with zero attached hydrogens (tertiary/aromatic N) is 3. The number of aromatic nitrogens is 1.